The van der Waals surface area contributed by atoms with E-state index in [0.717, 1.165) is 19.4 Å². The second-order valence-electron chi connectivity index (χ2n) is 4.95. The van der Waals surface area contributed by atoms with Crippen molar-refractivity contribution in [3.05, 3.63) is 18.3 Å². The van der Waals surface area contributed by atoms with Gasteiger partial charge < -0.3 is 5.32 Å². The van der Waals surface area contributed by atoms with Crippen LogP contribution in [0.25, 0.3) is 0 Å². The van der Waals surface area contributed by atoms with Crippen LogP contribution in [0, 0.1) is 6.54 Å². The van der Waals surface area contributed by atoms with Crippen molar-refractivity contribution in [1.29, 1.82) is 0 Å². The average molecular weight is 223 g/mol. The molecule has 0 aromatic heterocycles. The zero-order valence-corrected chi connectivity index (χ0v) is 10.6. The molecule has 1 rings (SSSR count). The van der Waals surface area contributed by atoms with Gasteiger partial charge in [0.15, 0.2) is 12.1 Å². The number of hydrogen-bond acceptors (Lipinski definition) is 2. The Labute approximate surface area is 97.4 Å². The number of carbonyl (C=O) groups is 1. The molecule has 4 nitrogen and oxygen atoms in total. The predicted molar refractivity (Wildman–Crippen MR) is 62.7 cm³/mol. The number of rotatable bonds is 4. The summed E-state index contributed by atoms with van der Waals surface area (Å²) in [5.74, 6) is -0.0380. The molecular formula is C12H21N3O+. The third kappa shape index (κ3) is 3.43. The molecule has 1 radical (unpaired) electrons. The second kappa shape index (κ2) is 5.23. The van der Waals surface area contributed by atoms with Gasteiger partial charge in [0.05, 0.1) is 0 Å². The number of nitrogens with zero attached hydrogens (tertiary/aromatic N) is 2. The summed E-state index contributed by atoms with van der Waals surface area (Å²) in [5, 5.41) is 7.06. The molecule has 0 spiro atoms. The van der Waals surface area contributed by atoms with Crippen LogP contribution in [0.1, 0.15) is 40.5 Å². The van der Waals surface area contributed by atoms with Crippen molar-refractivity contribution in [2.75, 3.05) is 6.54 Å². The fourth-order valence-electron chi connectivity index (χ4n) is 1.29. The largest absolute Gasteiger partial charge is 0.352 e. The topological polar surface area (TPSA) is 44.5 Å². The van der Waals surface area contributed by atoms with Gasteiger partial charge >= 0.3 is 0 Å². The summed E-state index contributed by atoms with van der Waals surface area (Å²) in [7, 11) is 0. The van der Waals surface area contributed by atoms with Gasteiger partial charge in [-0.2, -0.15) is 0 Å². The number of azo groups is 2. The minimum atomic E-state index is -0.0814. The van der Waals surface area contributed by atoms with Gasteiger partial charge in [-0.1, -0.05) is 18.0 Å². The van der Waals surface area contributed by atoms with E-state index in [2.05, 4.69) is 38.1 Å². The summed E-state index contributed by atoms with van der Waals surface area (Å²) >= 11 is 0. The lowest BCUT2D eigenvalue weighted by Crippen LogP contribution is -2.28. The van der Waals surface area contributed by atoms with E-state index in [4.69, 9.17) is 0 Å². The lowest BCUT2D eigenvalue weighted by molar-refractivity contribution is -0.591. The number of carbonyl (C=O) groups excluding carboxylic acids is 1. The van der Waals surface area contributed by atoms with Gasteiger partial charge in [-0.15, -0.1) is 0 Å². The van der Waals surface area contributed by atoms with E-state index in [0.29, 0.717) is 5.57 Å². The first-order valence-corrected chi connectivity index (χ1v) is 5.78. The van der Waals surface area contributed by atoms with E-state index in [-0.39, 0.29) is 11.4 Å². The highest BCUT2D eigenvalue weighted by Gasteiger charge is 2.31. The minimum absolute atomic E-state index is 0.0380. The Morgan fingerprint density at radius 3 is 2.69 bits per heavy atom. The van der Waals surface area contributed by atoms with Crippen LogP contribution in [0.3, 0.4) is 0 Å². The van der Waals surface area contributed by atoms with Gasteiger partial charge in [-0.25, -0.2) is 0 Å². The van der Waals surface area contributed by atoms with Crippen LogP contribution < -0.4 is 5.32 Å². The summed E-state index contributed by atoms with van der Waals surface area (Å²) in [5.41, 5.74) is 0.549. The monoisotopic (exact) mass is 223 g/mol. The molecule has 0 bridgehead atoms. The molecule has 1 amide bonds. The van der Waals surface area contributed by atoms with Gasteiger partial charge in [-0.3, -0.25) is 4.79 Å². The number of hydrogen-bond donors (Lipinski definition) is 1. The van der Waals surface area contributed by atoms with Crippen LogP contribution in [0.4, 0.5) is 0 Å². The smallest absolute Gasteiger partial charge is 0.255 e. The molecule has 0 unspecified atom stereocenters. The standard InChI is InChI=1S/C12H20N3O/c1-5-6-7-13-11(16)10-8-14-15(9-10)12(2,3)4/h8-9H,5-7H2,1-4H3/p+1. The molecule has 4 heteroatoms. The molecule has 0 aliphatic carbocycles. The summed E-state index contributed by atoms with van der Waals surface area (Å²) in [6, 6.07) is 0. The maximum absolute atomic E-state index is 11.7. The minimum Gasteiger partial charge on any atom is -0.352 e. The van der Waals surface area contributed by atoms with Crippen molar-refractivity contribution in [2.45, 2.75) is 46.1 Å². The molecule has 0 saturated heterocycles. The molecule has 89 valence electrons. The molecule has 1 N–H and O–H groups in total. The fraction of sp³-hybridized carbons (Fsp3) is 0.667. The molecule has 0 saturated carbocycles. The molecule has 0 aromatic rings. The molecule has 1 aliphatic rings. The van der Waals surface area contributed by atoms with Crippen LogP contribution in [-0.2, 0) is 4.79 Å². The number of amides is 1. The van der Waals surface area contributed by atoms with E-state index in [1.165, 1.54) is 0 Å². The first kappa shape index (κ1) is 12.9. The van der Waals surface area contributed by atoms with E-state index in [9.17, 15) is 4.79 Å². The Kier molecular flexibility index (Phi) is 4.21. The second-order valence-corrected chi connectivity index (χ2v) is 4.95. The maximum Gasteiger partial charge on any atom is 0.255 e. The van der Waals surface area contributed by atoms with Crippen LogP contribution in [0.15, 0.2) is 16.9 Å². The third-order valence-corrected chi connectivity index (χ3v) is 2.35. The Bertz CT molecular complexity index is 324. The van der Waals surface area contributed by atoms with Crippen LogP contribution in [0.2, 0.25) is 0 Å². The zero-order valence-electron chi connectivity index (χ0n) is 10.6. The van der Waals surface area contributed by atoms with E-state index in [1.807, 2.05) is 4.70 Å². The first-order valence-electron chi connectivity index (χ1n) is 5.78. The Hall–Kier alpha value is -1.19. The van der Waals surface area contributed by atoms with Gasteiger partial charge in [-0.05, 0) is 11.5 Å². The third-order valence-electron chi connectivity index (χ3n) is 2.35. The van der Waals surface area contributed by atoms with Crippen molar-refractivity contribution in [3.8, 4) is 0 Å². The van der Waals surface area contributed by atoms with Crippen LogP contribution in [-0.4, -0.2) is 22.7 Å². The van der Waals surface area contributed by atoms with Crippen molar-refractivity contribution in [1.82, 2.24) is 5.32 Å². The highest BCUT2D eigenvalue weighted by molar-refractivity contribution is 5.95. The molecule has 16 heavy (non-hydrogen) atoms. The lowest BCUT2D eigenvalue weighted by Gasteiger charge is -2.08. The highest BCUT2D eigenvalue weighted by atomic mass is 16.1. The Morgan fingerprint density at radius 2 is 2.19 bits per heavy atom. The van der Waals surface area contributed by atoms with Gasteiger partial charge in [0.25, 0.3) is 5.91 Å². The normalized spacial score (nSPS) is 15.8. The number of unbranched alkanes of at least 4 members (excludes halogenated alkanes) is 1. The SMILES string of the molecule is CCCCNC(=O)C1=C[N+](C(C)(C)C)=N[CH]1. The van der Waals surface area contributed by atoms with E-state index < -0.39 is 0 Å². The van der Waals surface area contributed by atoms with Gasteiger partial charge in [0.1, 0.15) is 5.57 Å². The lowest BCUT2D eigenvalue weighted by atomic mass is 10.1. The van der Waals surface area contributed by atoms with Crippen molar-refractivity contribution >= 4 is 5.91 Å². The first-order chi connectivity index (χ1) is 7.45. The molecule has 1 aliphatic heterocycles. The predicted octanol–water partition coefficient (Wildman–Crippen LogP) is 2.23. The highest BCUT2D eigenvalue weighted by Crippen LogP contribution is 2.18. The van der Waals surface area contributed by atoms with E-state index >= 15 is 0 Å². The molecule has 0 fully saturated rings. The van der Waals surface area contributed by atoms with E-state index in [1.54, 1.807) is 12.7 Å². The molecule has 0 aromatic carbocycles. The van der Waals surface area contributed by atoms with Crippen molar-refractivity contribution in [3.63, 3.8) is 0 Å². The Balaban J connectivity index is 2.50. The molecule has 0 atom stereocenters. The van der Waals surface area contributed by atoms with Crippen LogP contribution >= 0.6 is 0 Å². The molecular weight excluding hydrogens is 202 g/mol. The zero-order chi connectivity index (χ0) is 12.2. The van der Waals surface area contributed by atoms with Gasteiger partial charge in [0.2, 0.25) is 6.20 Å². The summed E-state index contributed by atoms with van der Waals surface area (Å²) < 4.78 is 1.81. The quantitative estimate of drug-likeness (QED) is 0.576. The Morgan fingerprint density at radius 1 is 1.50 bits per heavy atom. The summed E-state index contributed by atoms with van der Waals surface area (Å²) in [4.78, 5) is 11.7. The summed E-state index contributed by atoms with van der Waals surface area (Å²) in [6.45, 7) is 10.6. The van der Waals surface area contributed by atoms with Crippen molar-refractivity contribution < 1.29 is 9.49 Å². The molecule has 1 heterocycles. The fourth-order valence-corrected chi connectivity index (χ4v) is 1.29. The van der Waals surface area contributed by atoms with Crippen molar-refractivity contribution in [2.24, 2.45) is 5.11 Å². The number of nitrogens with one attached hydrogen (secondary N) is 1. The summed E-state index contributed by atoms with van der Waals surface area (Å²) in [6.07, 6.45) is 3.89. The maximum atomic E-state index is 11.7. The van der Waals surface area contributed by atoms with Gasteiger partial charge in [0, 0.05) is 27.3 Å². The average Bonchev–Trinajstić information content (AvgIpc) is 2.66. The van der Waals surface area contributed by atoms with Crippen LogP contribution in [0.5, 0.6) is 0 Å².